The second kappa shape index (κ2) is 9.65. The molecule has 2 aromatic carbocycles. The van der Waals surface area contributed by atoms with Crippen molar-refractivity contribution in [1.29, 1.82) is 0 Å². The van der Waals surface area contributed by atoms with Crippen LogP contribution in [0.15, 0.2) is 75.8 Å². The summed E-state index contributed by atoms with van der Waals surface area (Å²) in [5, 5.41) is 0. The molecule has 2 aliphatic rings. The second-order valence-electron chi connectivity index (χ2n) is 8.02. The Hall–Kier alpha value is -2.66. The highest BCUT2D eigenvalue weighted by Crippen LogP contribution is 2.43. The molecule has 0 saturated heterocycles. The van der Waals surface area contributed by atoms with E-state index in [9.17, 15) is 9.59 Å². The van der Waals surface area contributed by atoms with E-state index in [0.29, 0.717) is 25.0 Å². The average Bonchev–Trinajstić information content (AvgIpc) is 2.79. The molecule has 4 rings (SSSR count). The zero-order valence-corrected chi connectivity index (χ0v) is 18.8. The molecule has 160 valence electrons. The largest absolute Gasteiger partial charge is 0.465 e. The molecule has 0 N–H and O–H groups in total. The van der Waals surface area contributed by atoms with Crippen LogP contribution in [0.2, 0.25) is 0 Å². The number of aliphatic imine (C=N–C) groups is 1. The van der Waals surface area contributed by atoms with Crippen molar-refractivity contribution in [2.45, 2.75) is 43.4 Å². The van der Waals surface area contributed by atoms with Gasteiger partial charge in [0.1, 0.15) is 5.92 Å². The van der Waals surface area contributed by atoms with Gasteiger partial charge in [-0.2, -0.15) is 0 Å². The monoisotopic (exact) mass is 433 g/mol. The van der Waals surface area contributed by atoms with E-state index in [1.807, 2.05) is 67.8 Å². The summed E-state index contributed by atoms with van der Waals surface area (Å²) < 4.78 is 5.71. The molecule has 1 heterocycles. The maximum Gasteiger partial charge on any atom is 0.315 e. The van der Waals surface area contributed by atoms with Gasteiger partial charge in [0, 0.05) is 40.6 Å². The van der Waals surface area contributed by atoms with Crippen LogP contribution in [0.5, 0.6) is 0 Å². The Balaban J connectivity index is 1.62. The number of allylic oxidation sites excluding steroid dienone is 2. The van der Waals surface area contributed by atoms with Crippen LogP contribution in [-0.4, -0.2) is 30.3 Å². The summed E-state index contributed by atoms with van der Waals surface area (Å²) in [7, 11) is 0. The van der Waals surface area contributed by atoms with E-state index in [-0.39, 0.29) is 17.7 Å². The van der Waals surface area contributed by atoms with Crippen LogP contribution in [0.1, 0.15) is 43.2 Å². The number of carbonyl (C=O) groups excluding carboxylic acids is 2. The summed E-state index contributed by atoms with van der Waals surface area (Å²) in [5.41, 5.74) is 4.39. The van der Waals surface area contributed by atoms with E-state index in [1.165, 1.54) is 0 Å². The molecule has 1 unspecified atom stereocenters. The van der Waals surface area contributed by atoms with Gasteiger partial charge in [0.05, 0.1) is 6.61 Å². The highest BCUT2D eigenvalue weighted by molar-refractivity contribution is 7.98. The SMILES string of the molecule is CSc1ccc([C@H]2C3=C(CCCC3=O)N=C(C)C2C(=O)OCCc2ccccc2)cc1. The van der Waals surface area contributed by atoms with Crippen LogP contribution in [0.25, 0.3) is 0 Å². The number of nitrogens with zero attached hydrogens (tertiary/aromatic N) is 1. The molecular weight excluding hydrogens is 406 g/mol. The van der Waals surface area contributed by atoms with Crippen molar-refractivity contribution in [2.75, 3.05) is 12.9 Å². The van der Waals surface area contributed by atoms with E-state index < -0.39 is 5.92 Å². The fraction of sp³-hybridized carbons (Fsp3) is 0.346. The summed E-state index contributed by atoms with van der Waals surface area (Å²) in [6.07, 6.45) is 4.81. The number of thioether (sulfide) groups is 1. The predicted molar refractivity (Wildman–Crippen MR) is 125 cm³/mol. The molecule has 4 nitrogen and oxygen atoms in total. The number of hydrogen-bond donors (Lipinski definition) is 0. The molecule has 31 heavy (non-hydrogen) atoms. The van der Waals surface area contributed by atoms with Gasteiger partial charge in [-0.05, 0) is 49.3 Å². The molecule has 0 saturated carbocycles. The van der Waals surface area contributed by atoms with Gasteiger partial charge in [0.25, 0.3) is 0 Å². The first-order valence-electron chi connectivity index (χ1n) is 10.7. The van der Waals surface area contributed by atoms with Crippen molar-refractivity contribution >= 4 is 29.2 Å². The van der Waals surface area contributed by atoms with E-state index in [0.717, 1.165) is 40.3 Å². The van der Waals surface area contributed by atoms with Gasteiger partial charge >= 0.3 is 5.97 Å². The van der Waals surface area contributed by atoms with Crippen molar-refractivity contribution in [2.24, 2.45) is 10.9 Å². The van der Waals surface area contributed by atoms with Crippen molar-refractivity contribution < 1.29 is 14.3 Å². The number of hydrogen-bond acceptors (Lipinski definition) is 5. The molecule has 2 aromatic rings. The van der Waals surface area contributed by atoms with Crippen LogP contribution in [0.4, 0.5) is 0 Å². The topological polar surface area (TPSA) is 55.7 Å². The van der Waals surface area contributed by atoms with Crippen LogP contribution < -0.4 is 0 Å². The highest BCUT2D eigenvalue weighted by Gasteiger charge is 2.43. The Labute approximate surface area is 187 Å². The third-order valence-electron chi connectivity index (χ3n) is 6.04. The fourth-order valence-corrected chi connectivity index (χ4v) is 4.90. The maximum absolute atomic E-state index is 13.2. The number of Topliss-reactive ketones (excluding diaryl/α,β-unsaturated/α-hetero) is 1. The van der Waals surface area contributed by atoms with Gasteiger partial charge < -0.3 is 4.74 Å². The molecule has 0 fully saturated rings. The van der Waals surface area contributed by atoms with E-state index in [4.69, 9.17) is 9.73 Å². The number of esters is 1. The number of ketones is 1. The minimum absolute atomic E-state index is 0.110. The van der Waals surface area contributed by atoms with E-state index in [2.05, 4.69) is 0 Å². The number of benzene rings is 2. The first kappa shape index (κ1) is 21.6. The van der Waals surface area contributed by atoms with Gasteiger partial charge in [0.2, 0.25) is 0 Å². The first-order chi connectivity index (χ1) is 15.1. The number of rotatable bonds is 6. The standard InChI is InChI=1S/C26H27NO3S/c1-17-23(26(29)30-16-15-18-7-4-3-5-8-18)24(19-11-13-20(31-2)14-12-19)25-21(27-17)9-6-10-22(25)28/h3-5,7-8,11-14,23-24H,6,9-10,15-16H2,1-2H3/t23?,24-/m1/s1. The molecular formula is C26H27NO3S. The zero-order chi connectivity index (χ0) is 21.8. The third kappa shape index (κ3) is 4.67. The normalized spacial score (nSPS) is 20.8. The number of carbonyl (C=O) groups is 2. The smallest absolute Gasteiger partial charge is 0.315 e. The summed E-state index contributed by atoms with van der Waals surface area (Å²) in [4.78, 5) is 32.0. The summed E-state index contributed by atoms with van der Waals surface area (Å²) in [6, 6.07) is 18.1. The summed E-state index contributed by atoms with van der Waals surface area (Å²) in [6.45, 7) is 2.19. The lowest BCUT2D eigenvalue weighted by Gasteiger charge is -2.34. The Kier molecular flexibility index (Phi) is 6.71. The summed E-state index contributed by atoms with van der Waals surface area (Å²) >= 11 is 1.67. The average molecular weight is 434 g/mol. The molecule has 2 atom stereocenters. The van der Waals surface area contributed by atoms with Gasteiger partial charge in [-0.25, -0.2) is 0 Å². The molecule has 1 aliphatic heterocycles. The first-order valence-corrected chi connectivity index (χ1v) is 12.0. The van der Waals surface area contributed by atoms with Gasteiger partial charge in [-0.3, -0.25) is 14.6 Å². The molecule has 5 heteroatoms. The fourth-order valence-electron chi connectivity index (χ4n) is 4.49. The van der Waals surface area contributed by atoms with E-state index >= 15 is 0 Å². The van der Waals surface area contributed by atoms with E-state index in [1.54, 1.807) is 11.8 Å². The third-order valence-corrected chi connectivity index (χ3v) is 6.78. The Morgan fingerprint density at radius 3 is 2.55 bits per heavy atom. The molecule has 0 amide bonds. The lowest BCUT2D eigenvalue weighted by Crippen LogP contribution is -2.37. The minimum Gasteiger partial charge on any atom is -0.465 e. The zero-order valence-electron chi connectivity index (χ0n) is 18.0. The Morgan fingerprint density at radius 2 is 1.84 bits per heavy atom. The summed E-state index contributed by atoms with van der Waals surface area (Å²) in [5.74, 6) is -1.10. The maximum atomic E-state index is 13.2. The van der Waals surface area contributed by atoms with Crippen LogP contribution in [-0.2, 0) is 20.7 Å². The van der Waals surface area contributed by atoms with Gasteiger partial charge in [-0.1, -0.05) is 42.5 Å². The van der Waals surface area contributed by atoms with Crippen molar-refractivity contribution in [3.8, 4) is 0 Å². The van der Waals surface area contributed by atoms with Gasteiger partial charge in [-0.15, -0.1) is 11.8 Å². The predicted octanol–water partition coefficient (Wildman–Crippen LogP) is 5.38. The quantitative estimate of drug-likeness (QED) is 0.454. The van der Waals surface area contributed by atoms with Gasteiger partial charge in [0.15, 0.2) is 5.78 Å². The Bertz CT molecular complexity index is 1020. The second-order valence-corrected chi connectivity index (χ2v) is 8.90. The van der Waals surface area contributed by atoms with Crippen LogP contribution >= 0.6 is 11.8 Å². The Morgan fingerprint density at radius 1 is 1.10 bits per heavy atom. The highest BCUT2D eigenvalue weighted by atomic mass is 32.2. The van der Waals surface area contributed by atoms with Crippen LogP contribution in [0.3, 0.4) is 0 Å². The number of ether oxygens (including phenoxy) is 1. The lowest BCUT2D eigenvalue weighted by atomic mass is 9.72. The molecule has 1 aliphatic carbocycles. The molecule has 0 aromatic heterocycles. The molecule has 0 spiro atoms. The van der Waals surface area contributed by atoms with Crippen molar-refractivity contribution in [3.63, 3.8) is 0 Å². The minimum atomic E-state index is -0.572. The van der Waals surface area contributed by atoms with Crippen LogP contribution in [0, 0.1) is 5.92 Å². The lowest BCUT2D eigenvalue weighted by molar-refractivity contribution is -0.146. The van der Waals surface area contributed by atoms with Crippen molar-refractivity contribution in [3.05, 3.63) is 77.0 Å². The molecule has 0 radical (unpaired) electrons. The molecule has 0 bridgehead atoms. The van der Waals surface area contributed by atoms with Crippen molar-refractivity contribution in [1.82, 2.24) is 0 Å².